The average Bonchev–Trinajstić information content (AvgIpc) is 3.44. The van der Waals surface area contributed by atoms with E-state index in [2.05, 4.69) is 5.32 Å². The normalized spacial score (nSPS) is 17.6. The molecular weight excluding hydrogens is 442 g/mol. The highest BCUT2D eigenvalue weighted by Crippen LogP contribution is 2.45. The summed E-state index contributed by atoms with van der Waals surface area (Å²) < 4.78 is 13.1. The molecule has 7 heteroatoms. The number of nitrogens with zero attached hydrogens (tertiary/aromatic N) is 2. The van der Waals surface area contributed by atoms with Crippen LogP contribution in [0.4, 0.5) is 0 Å². The molecule has 1 N–H and O–H groups in total. The lowest BCUT2D eigenvalue weighted by Gasteiger charge is -2.41. The van der Waals surface area contributed by atoms with Gasteiger partial charge in [0.2, 0.25) is 5.91 Å². The first-order chi connectivity index (χ1) is 17.0. The number of rotatable bonds is 7. The van der Waals surface area contributed by atoms with Crippen molar-refractivity contribution in [3.8, 4) is 0 Å². The van der Waals surface area contributed by atoms with Gasteiger partial charge in [-0.1, -0.05) is 36.4 Å². The third-order valence-corrected chi connectivity index (χ3v) is 6.74. The predicted molar refractivity (Wildman–Crippen MR) is 133 cm³/mol. The molecule has 35 heavy (non-hydrogen) atoms. The molecule has 3 heterocycles. The number of hydrogen-bond donors (Lipinski definition) is 1. The number of aryl methyl sites for hydroxylation is 2. The SMILES string of the molecule is COCCN1C(=O)c2ccccc2C(C(=O)NCc2ccc(C)o2)C1c1cn(C)c2ccccc12. The van der Waals surface area contributed by atoms with Gasteiger partial charge in [-0.3, -0.25) is 9.59 Å². The predicted octanol–water partition coefficient (Wildman–Crippen LogP) is 4.32. The molecule has 0 spiro atoms. The molecule has 0 saturated heterocycles. The van der Waals surface area contributed by atoms with E-state index in [1.807, 2.05) is 79.3 Å². The van der Waals surface area contributed by atoms with Gasteiger partial charge in [0.25, 0.3) is 5.91 Å². The fraction of sp³-hybridized carbons (Fsp3) is 0.286. The maximum atomic E-state index is 13.9. The first-order valence-corrected chi connectivity index (χ1v) is 11.8. The Morgan fingerprint density at radius 3 is 2.60 bits per heavy atom. The molecule has 1 aliphatic rings. The highest BCUT2D eigenvalue weighted by molar-refractivity contribution is 6.02. The monoisotopic (exact) mass is 471 g/mol. The van der Waals surface area contributed by atoms with Crippen LogP contribution < -0.4 is 5.32 Å². The van der Waals surface area contributed by atoms with Gasteiger partial charge in [-0.25, -0.2) is 0 Å². The van der Waals surface area contributed by atoms with Gasteiger partial charge >= 0.3 is 0 Å². The van der Waals surface area contributed by atoms with Crippen LogP contribution in [0.2, 0.25) is 0 Å². The van der Waals surface area contributed by atoms with Crippen molar-refractivity contribution in [1.29, 1.82) is 0 Å². The molecule has 0 fully saturated rings. The summed E-state index contributed by atoms with van der Waals surface area (Å²) in [5.41, 5.74) is 3.27. The molecule has 0 aliphatic carbocycles. The summed E-state index contributed by atoms with van der Waals surface area (Å²) in [7, 11) is 3.60. The highest BCUT2D eigenvalue weighted by atomic mass is 16.5. The summed E-state index contributed by atoms with van der Waals surface area (Å²) >= 11 is 0. The number of para-hydroxylation sites is 1. The molecule has 2 aromatic heterocycles. The first kappa shape index (κ1) is 22.9. The molecule has 0 bridgehead atoms. The van der Waals surface area contributed by atoms with Crippen LogP contribution in [-0.2, 0) is 23.1 Å². The third-order valence-electron chi connectivity index (χ3n) is 6.74. The number of hydrogen-bond acceptors (Lipinski definition) is 4. The maximum absolute atomic E-state index is 13.9. The van der Waals surface area contributed by atoms with Gasteiger partial charge < -0.3 is 23.9 Å². The molecule has 4 aromatic rings. The molecule has 180 valence electrons. The Kier molecular flexibility index (Phi) is 6.17. The molecule has 0 saturated carbocycles. The lowest BCUT2D eigenvalue weighted by atomic mass is 9.79. The Labute approximate surface area is 204 Å². The number of carbonyl (C=O) groups excluding carboxylic acids is 2. The number of methoxy groups -OCH3 is 1. The second kappa shape index (κ2) is 9.43. The minimum absolute atomic E-state index is 0.0960. The zero-order valence-electron chi connectivity index (χ0n) is 20.2. The van der Waals surface area contributed by atoms with Crippen LogP contribution >= 0.6 is 0 Å². The number of fused-ring (bicyclic) bond motifs is 2. The highest BCUT2D eigenvalue weighted by Gasteiger charge is 2.44. The van der Waals surface area contributed by atoms with E-state index in [4.69, 9.17) is 9.15 Å². The Hall–Kier alpha value is -3.84. The van der Waals surface area contributed by atoms with E-state index >= 15 is 0 Å². The lowest BCUT2D eigenvalue weighted by molar-refractivity contribution is -0.124. The molecule has 7 nitrogen and oxygen atoms in total. The zero-order chi connectivity index (χ0) is 24.5. The second-order valence-corrected chi connectivity index (χ2v) is 8.94. The van der Waals surface area contributed by atoms with Crippen LogP contribution in [-0.4, -0.2) is 41.5 Å². The molecule has 5 rings (SSSR count). The fourth-order valence-corrected chi connectivity index (χ4v) is 5.13. The number of benzene rings is 2. The van der Waals surface area contributed by atoms with E-state index in [0.29, 0.717) is 24.5 Å². The quantitative estimate of drug-likeness (QED) is 0.436. The van der Waals surface area contributed by atoms with Gasteiger partial charge in [0.15, 0.2) is 0 Å². The van der Waals surface area contributed by atoms with Gasteiger partial charge in [-0.05, 0) is 36.8 Å². The van der Waals surface area contributed by atoms with Crippen molar-refractivity contribution in [3.05, 3.63) is 95.1 Å². The van der Waals surface area contributed by atoms with Gasteiger partial charge in [-0.15, -0.1) is 0 Å². The van der Waals surface area contributed by atoms with Crippen molar-refractivity contribution < 1.29 is 18.7 Å². The van der Waals surface area contributed by atoms with E-state index in [9.17, 15) is 9.59 Å². The first-order valence-electron chi connectivity index (χ1n) is 11.8. The molecular formula is C28H29N3O4. The van der Waals surface area contributed by atoms with Crippen LogP contribution in [0, 0.1) is 6.92 Å². The van der Waals surface area contributed by atoms with Crippen molar-refractivity contribution in [2.75, 3.05) is 20.3 Å². The van der Waals surface area contributed by atoms with E-state index in [0.717, 1.165) is 27.8 Å². The maximum Gasteiger partial charge on any atom is 0.254 e. The minimum atomic E-state index is -0.595. The van der Waals surface area contributed by atoms with Gasteiger partial charge in [-0.2, -0.15) is 0 Å². The number of nitrogens with one attached hydrogen (secondary N) is 1. The third kappa shape index (κ3) is 4.12. The smallest absolute Gasteiger partial charge is 0.254 e. The molecule has 2 unspecified atom stereocenters. The summed E-state index contributed by atoms with van der Waals surface area (Å²) in [6, 6.07) is 18.7. The molecule has 0 radical (unpaired) electrons. The van der Waals surface area contributed by atoms with E-state index < -0.39 is 12.0 Å². The summed E-state index contributed by atoms with van der Waals surface area (Å²) in [5, 5.41) is 4.08. The van der Waals surface area contributed by atoms with Gasteiger partial charge in [0, 0.05) is 48.9 Å². The molecule has 2 aromatic carbocycles. The standard InChI is InChI=1S/C28H29N3O4/c1-18-12-13-19(35-18)16-29-27(32)25-21-9-4-5-10-22(21)28(33)31(14-15-34-3)26(25)23-17-30(2)24-11-7-6-8-20(23)24/h4-13,17,25-26H,14-16H2,1-3H3,(H,29,32). The number of amides is 2. The average molecular weight is 472 g/mol. The van der Waals surface area contributed by atoms with Crippen molar-refractivity contribution >= 4 is 22.7 Å². The van der Waals surface area contributed by atoms with Crippen LogP contribution in [0.5, 0.6) is 0 Å². The van der Waals surface area contributed by atoms with Crippen molar-refractivity contribution in [3.63, 3.8) is 0 Å². The van der Waals surface area contributed by atoms with Crippen molar-refractivity contribution in [2.24, 2.45) is 7.05 Å². The minimum Gasteiger partial charge on any atom is -0.465 e. The summed E-state index contributed by atoms with van der Waals surface area (Å²) in [5.74, 6) is 0.638. The Balaban J connectivity index is 1.63. The molecule has 2 amide bonds. The van der Waals surface area contributed by atoms with Crippen LogP contribution in [0.15, 0.2) is 71.3 Å². The topological polar surface area (TPSA) is 76.7 Å². The number of ether oxygens (including phenoxy) is 1. The van der Waals surface area contributed by atoms with Gasteiger partial charge in [0.05, 0.1) is 25.1 Å². The van der Waals surface area contributed by atoms with E-state index in [-0.39, 0.29) is 18.4 Å². The van der Waals surface area contributed by atoms with Crippen molar-refractivity contribution in [1.82, 2.24) is 14.8 Å². The molecule has 1 aliphatic heterocycles. The second-order valence-electron chi connectivity index (χ2n) is 8.94. The van der Waals surface area contributed by atoms with Crippen LogP contribution in [0.25, 0.3) is 10.9 Å². The van der Waals surface area contributed by atoms with Crippen LogP contribution in [0.3, 0.4) is 0 Å². The summed E-state index contributed by atoms with van der Waals surface area (Å²) in [6.07, 6.45) is 2.03. The number of carbonyl (C=O) groups is 2. The van der Waals surface area contributed by atoms with Gasteiger partial charge in [0.1, 0.15) is 11.5 Å². The number of aromatic nitrogens is 1. The summed E-state index contributed by atoms with van der Waals surface area (Å²) in [6.45, 7) is 2.89. The number of furan rings is 1. The lowest BCUT2D eigenvalue weighted by Crippen LogP contribution is -2.48. The largest absolute Gasteiger partial charge is 0.465 e. The Morgan fingerprint density at radius 1 is 1.06 bits per heavy atom. The van der Waals surface area contributed by atoms with Crippen molar-refractivity contribution in [2.45, 2.75) is 25.4 Å². The van der Waals surface area contributed by atoms with E-state index in [1.165, 1.54) is 0 Å². The Morgan fingerprint density at radius 2 is 1.83 bits per heavy atom. The zero-order valence-corrected chi connectivity index (χ0v) is 20.2. The van der Waals surface area contributed by atoms with E-state index in [1.54, 1.807) is 18.1 Å². The molecule has 2 atom stereocenters. The summed E-state index contributed by atoms with van der Waals surface area (Å²) in [4.78, 5) is 29.4. The fourth-order valence-electron chi connectivity index (χ4n) is 5.13. The Bertz CT molecular complexity index is 1390. The van der Waals surface area contributed by atoms with Crippen LogP contribution in [0.1, 0.15) is 45.0 Å².